The van der Waals surface area contributed by atoms with E-state index in [-0.39, 0.29) is 0 Å². The summed E-state index contributed by atoms with van der Waals surface area (Å²) in [5.41, 5.74) is 6.74. The number of nitrogens with one attached hydrogen (secondary N) is 1. The first-order valence-corrected chi connectivity index (χ1v) is 5.99. The van der Waals surface area contributed by atoms with Crippen LogP contribution >= 0.6 is 0 Å². The largest absolute Gasteiger partial charge is 0.378 e. The summed E-state index contributed by atoms with van der Waals surface area (Å²) in [5.74, 6) is 0. The zero-order valence-corrected chi connectivity index (χ0v) is 10.5. The van der Waals surface area contributed by atoms with Gasteiger partial charge in [0.1, 0.15) is 0 Å². The summed E-state index contributed by atoms with van der Waals surface area (Å²) in [7, 11) is 1.64. The van der Waals surface area contributed by atoms with Crippen LogP contribution in [0.4, 0.5) is 5.69 Å². The van der Waals surface area contributed by atoms with Crippen molar-refractivity contribution in [1.82, 2.24) is 5.48 Å². The SMILES string of the molecule is CONCc1cc(C)ccc1N1CCOCC1. The number of benzene rings is 1. The van der Waals surface area contributed by atoms with Gasteiger partial charge in [-0.25, -0.2) is 0 Å². The van der Waals surface area contributed by atoms with Crippen molar-refractivity contribution in [3.8, 4) is 0 Å². The Kier molecular flexibility index (Phi) is 4.36. The number of hydroxylamine groups is 1. The fourth-order valence-electron chi connectivity index (χ4n) is 2.12. The Morgan fingerprint density at radius 2 is 2.12 bits per heavy atom. The van der Waals surface area contributed by atoms with Gasteiger partial charge in [-0.3, -0.25) is 0 Å². The normalized spacial score (nSPS) is 16.2. The highest BCUT2D eigenvalue weighted by molar-refractivity contribution is 5.55. The van der Waals surface area contributed by atoms with Crippen molar-refractivity contribution in [2.24, 2.45) is 0 Å². The number of hydrogen-bond acceptors (Lipinski definition) is 4. The summed E-state index contributed by atoms with van der Waals surface area (Å²) >= 11 is 0. The van der Waals surface area contributed by atoms with Crippen LogP contribution in [0.1, 0.15) is 11.1 Å². The molecule has 0 unspecified atom stereocenters. The van der Waals surface area contributed by atoms with Gasteiger partial charge in [-0.2, -0.15) is 5.48 Å². The molecule has 1 aromatic rings. The van der Waals surface area contributed by atoms with Crippen molar-refractivity contribution >= 4 is 5.69 Å². The van der Waals surface area contributed by atoms with Gasteiger partial charge >= 0.3 is 0 Å². The van der Waals surface area contributed by atoms with E-state index in [0.29, 0.717) is 0 Å². The zero-order valence-electron chi connectivity index (χ0n) is 10.5. The maximum absolute atomic E-state index is 5.38. The summed E-state index contributed by atoms with van der Waals surface area (Å²) in [4.78, 5) is 7.31. The molecule has 0 radical (unpaired) electrons. The van der Waals surface area contributed by atoms with E-state index in [2.05, 4.69) is 35.5 Å². The molecule has 0 saturated carbocycles. The molecule has 2 rings (SSSR count). The molecule has 1 aromatic carbocycles. The summed E-state index contributed by atoms with van der Waals surface area (Å²) in [5, 5.41) is 0. The van der Waals surface area contributed by atoms with E-state index in [1.807, 2.05) is 0 Å². The lowest BCUT2D eigenvalue weighted by molar-refractivity contribution is 0.0866. The van der Waals surface area contributed by atoms with Crippen molar-refractivity contribution in [2.75, 3.05) is 38.3 Å². The van der Waals surface area contributed by atoms with Crippen LogP contribution in [0.2, 0.25) is 0 Å². The van der Waals surface area contributed by atoms with Gasteiger partial charge in [0, 0.05) is 25.3 Å². The Hall–Kier alpha value is -1.10. The minimum absolute atomic E-state index is 0.727. The van der Waals surface area contributed by atoms with E-state index in [1.54, 1.807) is 7.11 Å². The summed E-state index contributed by atoms with van der Waals surface area (Å²) in [6.45, 7) is 6.38. The third-order valence-electron chi connectivity index (χ3n) is 2.99. The van der Waals surface area contributed by atoms with E-state index >= 15 is 0 Å². The lowest BCUT2D eigenvalue weighted by Crippen LogP contribution is -2.37. The molecule has 0 spiro atoms. The summed E-state index contributed by atoms with van der Waals surface area (Å²) in [6.07, 6.45) is 0. The Morgan fingerprint density at radius 1 is 1.35 bits per heavy atom. The molecule has 1 heterocycles. The van der Waals surface area contributed by atoms with Gasteiger partial charge in [0.05, 0.1) is 20.3 Å². The van der Waals surface area contributed by atoms with Crippen LogP contribution in [0.5, 0.6) is 0 Å². The number of rotatable bonds is 4. The fraction of sp³-hybridized carbons (Fsp3) is 0.538. The maximum atomic E-state index is 5.38. The Labute approximate surface area is 102 Å². The highest BCUT2D eigenvalue weighted by atomic mass is 16.6. The molecule has 0 aliphatic carbocycles. The Balaban J connectivity index is 2.18. The minimum atomic E-state index is 0.727. The van der Waals surface area contributed by atoms with Gasteiger partial charge in [0.2, 0.25) is 0 Å². The predicted molar refractivity (Wildman–Crippen MR) is 68.1 cm³/mol. The highest BCUT2D eigenvalue weighted by Gasteiger charge is 2.14. The average molecular weight is 236 g/mol. The number of anilines is 1. The molecule has 1 N–H and O–H groups in total. The van der Waals surface area contributed by atoms with Gasteiger partial charge in [-0.15, -0.1) is 0 Å². The van der Waals surface area contributed by atoms with Crippen molar-refractivity contribution in [3.63, 3.8) is 0 Å². The second-order valence-electron chi connectivity index (χ2n) is 4.26. The monoisotopic (exact) mass is 236 g/mol. The molecule has 1 aliphatic rings. The molecule has 0 bridgehead atoms. The van der Waals surface area contributed by atoms with Crippen LogP contribution in [-0.2, 0) is 16.1 Å². The number of nitrogens with zero attached hydrogens (tertiary/aromatic N) is 1. The zero-order chi connectivity index (χ0) is 12.1. The standard InChI is InChI=1S/C13H20N2O2/c1-11-3-4-13(12(9-11)10-14-16-2)15-5-7-17-8-6-15/h3-4,9,14H,5-8,10H2,1-2H3. The van der Waals surface area contributed by atoms with Crippen molar-refractivity contribution < 1.29 is 9.57 Å². The van der Waals surface area contributed by atoms with Crippen LogP contribution in [0.25, 0.3) is 0 Å². The molecule has 4 heteroatoms. The molecule has 94 valence electrons. The molecule has 0 atom stereocenters. The van der Waals surface area contributed by atoms with Crippen molar-refractivity contribution in [3.05, 3.63) is 29.3 Å². The maximum Gasteiger partial charge on any atom is 0.0642 e. The van der Waals surface area contributed by atoms with Gasteiger partial charge in [-0.05, 0) is 18.6 Å². The van der Waals surface area contributed by atoms with E-state index in [9.17, 15) is 0 Å². The molecule has 1 saturated heterocycles. The summed E-state index contributed by atoms with van der Waals surface area (Å²) in [6, 6.07) is 6.55. The van der Waals surface area contributed by atoms with Crippen LogP contribution in [0, 0.1) is 6.92 Å². The van der Waals surface area contributed by atoms with E-state index in [4.69, 9.17) is 9.57 Å². The van der Waals surface area contributed by atoms with Crippen molar-refractivity contribution in [1.29, 1.82) is 0 Å². The molecule has 1 aliphatic heterocycles. The van der Waals surface area contributed by atoms with E-state index in [0.717, 1.165) is 32.8 Å². The van der Waals surface area contributed by atoms with Gasteiger partial charge in [0.25, 0.3) is 0 Å². The summed E-state index contributed by atoms with van der Waals surface area (Å²) < 4.78 is 5.38. The van der Waals surface area contributed by atoms with Gasteiger partial charge < -0.3 is 14.5 Å². The number of aryl methyl sites for hydroxylation is 1. The van der Waals surface area contributed by atoms with Crippen LogP contribution in [-0.4, -0.2) is 33.4 Å². The third kappa shape index (κ3) is 3.19. The molecular formula is C13H20N2O2. The smallest absolute Gasteiger partial charge is 0.0642 e. The molecule has 0 amide bonds. The van der Waals surface area contributed by atoms with Crippen LogP contribution in [0.15, 0.2) is 18.2 Å². The minimum Gasteiger partial charge on any atom is -0.378 e. The first-order valence-electron chi connectivity index (χ1n) is 5.99. The number of ether oxygens (including phenoxy) is 1. The lowest BCUT2D eigenvalue weighted by Gasteiger charge is -2.30. The Morgan fingerprint density at radius 3 is 2.82 bits per heavy atom. The van der Waals surface area contributed by atoms with E-state index in [1.165, 1.54) is 16.8 Å². The topological polar surface area (TPSA) is 33.7 Å². The molecule has 0 aromatic heterocycles. The number of morpholine rings is 1. The molecule has 17 heavy (non-hydrogen) atoms. The Bertz CT molecular complexity index is 362. The second-order valence-corrected chi connectivity index (χ2v) is 4.26. The second kappa shape index (κ2) is 6.00. The third-order valence-corrected chi connectivity index (χ3v) is 2.99. The molecule has 4 nitrogen and oxygen atoms in total. The predicted octanol–water partition coefficient (Wildman–Crippen LogP) is 1.48. The van der Waals surface area contributed by atoms with Crippen LogP contribution in [0.3, 0.4) is 0 Å². The van der Waals surface area contributed by atoms with Gasteiger partial charge in [0.15, 0.2) is 0 Å². The quantitative estimate of drug-likeness (QED) is 0.803. The lowest BCUT2D eigenvalue weighted by atomic mass is 10.1. The highest BCUT2D eigenvalue weighted by Crippen LogP contribution is 2.22. The first-order chi connectivity index (χ1) is 8.31. The van der Waals surface area contributed by atoms with E-state index < -0.39 is 0 Å². The van der Waals surface area contributed by atoms with Crippen molar-refractivity contribution in [2.45, 2.75) is 13.5 Å². The average Bonchev–Trinajstić information content (AvgIpc) is 2.37. The molecule has 1 fully saturated rings. The first kappa shape index (κ1) is 12.4. The van der Waals surface area contributed by atoms with Crippen LogP contribution < -0.4 is 10.4 Å². The van der Waals surface area contributed by atoms with Gasteiger partial charge in [-0.1, -0.05) is 17.7 Å². The number of hydrogen-bond donors (Lipinski definition) is 1. The fourth-order valence-corrected chi connectivity index (χ4v) is 2.12. The molecular weight excluding hydrogens is 216 g/mol.